The first-order chi connectivity index (χ1) is 18.5. The number of hydrogen-bond donors (Lipinski definition) is 1. The third-order valence-electron chi connectivity index (χ3n) is 7.22. The SMILES string of the molecule is C[C@@]1(C#N)COCc2ccc(C(=O)NCc3cc4nc(-c5ccnc(N6CCCC6)n5)ccc4cn3)cc21. The Labute approximate surface area is 220 Å². The van der Waals surface area contributed by atoms with E-state index in [1.165, 1.54) is 0 Å². The lowest BCUT2D eigenvalue weighted by Gasteiger charge is -2.30. The number of rotatable bonds is 5. The lowest BCUT2D eigenvalue weighted by Crippen LogP contribution is -2.33. The summed E-state index contributed by atoms with van der Waals surface area (Å²) in [6, 6.07) is 15.4. The maximum atomic E-state index is 13.0. The van der Waals surface area contributed by atoms with Gasteiger partial charge in [-0.15, -0.1) is 0 Å². The molecule has 38 heavy (non-hydrogen) atoms. The number of carbonyl (C=O) groups excluding carboxylic acids is 1. The number of fused-ring (bicyclic) bond motifs is 2. The van der Waals surface area contributed by atoms with Crippen molar-refractivity contribution in [3.05, 3.63) is 77.2 Å². The van der Waals surface area contributed by atoms with Crippen molar-refractivity contribution in [1.29, 1.82) is 5.26 Å². The van der Waals surface area contributed by atoms with Crippen molar-refractivity contribution < 1.29 is 9.53 Å². The smallest absolute Gasteiger partial charge is 0.251 e. The summed E-state index contributed by atoms with van der Waals surface area (Å²) in [4.78, 5) is 33.7. The third kappa shape index (κ3) is 4.55. The largest absolute Gasteiger partial charge is 0.375 e. The number of aromatic nitrogens is 4. The fourth-order valence-corrected chi connectivity index (χ4v) is 5.02. The average molecular weight is 506 g/mol. The van der Waals surface area contributed by atoms with Crippen LogP contribution in [0.5, 0.6) is 0 Å². The summed E-state index contributed by atoms with van der Waals surface area (Å²) in [6.07, 6.45) is 5.87. The second-order valence-electron chi connectivity index (χ2n) is 9.99. The van der Waals surface area contributed by atoms with Gasteiger partial charge in [0.25, 0.3) is 5.91 Å². The van der Waals surface area contributed by atoms with Gasteiger partial charge >= 0.3 is 0 Å². The Bertz CT molecular complexity index is 1580. The summed E-state index contributed by atoms with van der Waals surface area (Å²) in [6.45, 7) is 4.80. The third-order valence-corrected chi connectivity index (χ3v) is 7.22. The standard InChI is InChI=1S/C29H27N7O2/c1-29(17-30)18-38-16-21-5-4-19(12-23(21)29)27(37)33-15-22-13-26-20(14-32-22)6-7-24(34-26)25-8-9-31-28(35-25)36-10-2-3-11-36/h4-9,12-14H,2-3,10-11,15-16,18H2,1H3,(H,33,37)/t29-/m1/s1. The number of carbonyl (C=O) groups is 1. The Hall–Kier alpha value is -4.42. The van der Waals surface area contributed by atoms with Crippen LogP contribution in [0.15, 0.2) is 54.9 Å². The minimum absolute atomic E-state index is 0.224. The molecule has 6 rings (SSSR count). The molecule has 0 radical (unpaired) electrons. The minimum Gasteiger partial charge on any atom is -0.375 e. The van der Waals surface area contributed by atoms with Crippen LogP contribution >= 0.6 is 0 Å². The average Bonchev–Trinajstić information content (AvgIpc) is 3.51. The predicted octanol–water partition coefficient (Wildman–Crippen LogP) is 3.93. The normalized spacial score (nSPS) is 18.7. The summed E-state index contributed by atoms with van der Waals surface area (Å²) in [5.41, 5.74) is 4.53. The minimum atomic E-state index is -0.772. The molecule has 4 aromatic rings. The maximum Gasteiger partial charge on any atom is 0.251 e. The van der Waals surface area contributed by atoms with E-state index in [1.807, 2.05) is 37.3 Å². The van der Waals surface area contributed by atoms with Gasteiger partial charge in [0.15, 0.2) is 0 Å². The van der Waals surface area contributed by atoms with E-state index >= 15 is 0 Å². The molecule has 0 spiro atoms. The summed E-state index contributed by atoms with van der Waals surface area (Å²) in [5, 5.41) is 13.5. The quantitative estimate of drug-likeness (QED) is 0.434. The predicted molar refractivity (Wildman–Crippen MR) is 142 cm³/mol. The highest BCUT2D eigenvalue weighted by Gasteiger charge is 2.33. The molecular weight excluding hydrogens is 478 g/mol. The van der Waals surface area contributed by atoms with Crippen molar-refractivity contribution in [3.63, 3.8) is 0 Å². The number of amides is 1. The number of benzene rings is 1. The van der Waals surface area contributed by atoms with E-state index in [-0.39, 0.29) is 12.5 Å². The lowest BCUT2D eigenvalue weighted by atomic mass is 9.79. The van der Waals surface area contributed by atoms with Crippen LogP contribution in [0.2, 0.25) is 0 Å². The maximum absolute atomic E-state index is 13.0. The molecule has 5 heterocycles. The summed E-state index contributed by atoms with van der Waals surface area (Å²) in [7, 11) is 0. The number of ether oxygens (including phenoxy) is 1. The second kappa shape index (κ2) is 9.80. The van der Waals surface area contributed by atoms with Crippen LogP contribution in [0.1, 0.15) is 46.9 Å². The van der Waals surface area contributed by atoms with Crippen molar-refractivity contribution in [1.82, 2.24) is 25.3 Å². The van der Waals surface area contributed by atoms with Crippen LogP contribution in [0.25, 0.3) is 22.3 Å². The lowest BCUT2D eigenvalue weighted by molar-refractivity contribution is 0.0757. The summed E-state index contributed by atoms with van der Waals surface area (Å²) in [5.74, 6) is 0.517. The van der Waals surface area contributed by atoms with Gasteiger partial charge in [-0.1, -0.05) is 6.07 Å². The van der Waals surface area contributed by atoms with Gasteiger partial charge in [0.05, 0.1) is 48.4 Å². The number of nitrogens with zero attached hydrogens (tertiary/aromatic N) is 6. The van der Waals surface area contributed by atoms with Gasteiger partial charge in [-0.3, -0.25) is 9.78 Å². The fourth-order valence-electron chi connectivity index (χ4n) is 5.02. The van der Waals surface area contributed by atoms with Crippen molar-refractivity contribution in [2.45, 2.75) is 38.3 Å². The molecule has 9 nitrogen and oxygen atoms in total. The molecule has 1 saturated heterocycles. The van der Waals surface area contributed by atoms with E-state index in [1.54, 1.807) is 24.5 Å². The molecule has 1 amide bonds. The molecule has 9 heteroatoms. The van der Waals surface area contributed by atoms with Crippen molar-refractivity contribution >= 4 is 22.8 Å². The molecule has 0 unspecified atom stereocenters. The zero-order valence-electron chi connectivity index (χ0n) is 21.1. The Balaban J connectivity index is 1.20. The first-order valence-electron chi connectivity index (χ1n) is 12.8. The highest BCUT2D eigenvalue weighted by molar-refractivity contribution is 5.94. The Morgan fingerprint density at radius 3 is 2.79 bits per heavy atom. The van der Waals surface area contributed by atoms with E-state index in [2.05, 4.69) is 26.3 Å². The molecule has 2 aliphatic rings. The number of nitriles is 1. The molecule has 1 fully saturated rings. The molecule has 1 aromatic carbocycles. The van der Waals surface area contributed by atoms with Gasteiger partial charge in [0.2, 0.25) is 5.95 Å². The van der Waals surface area contributed by atoms with Crippen LogP contribution in [0, 0.1) is 11.3 Å². The van der Waals surface area contributed by atoms with E-state index in [0.29, 0.717) is 24.5 Å². The fraction of sp³-hybridized carbons (Fsp3) is 0.310. The van der Waals surface area contributed by atoms with E-state index < -0.39 is 5.41 Å². The molecule has 0 saturated carbocycles. The van der Waals surface area contributed by atoms with Gasteiger partial charge in [0.1, 0.15) is 5.41 Å². The Morgan fingerprint density at radius 1 is 1.11 bits per heavy atom. The van der Waals surface area contributed by atoms with Crippen LogP contribution in [0.4, 0.5) is 5.95 Å². The van der Waals surface area contributed by atoms with E-state index in [4.69, 9.17) is 14.7 Å². The Morgan fingerprint density at radius 2 is 1.95 bits per heavy atom. The molecule has 0 bridgehead atoms. The van der Waals surface area contributed by atoms with Crippen LogP contribution in [-0.2, 0) is 23.3 Å². The molecule has 190 valence electrons. The van der Waals surface area contributed by atoms with E-state index in [0.717, 1.165) is 65.3 Å². The van der Waals surface area contributed by atoms with Gasteiger partial charge in [0, 0.05) is 36.4 Å². The highest BCUT2D eigenvalue weighted by atomic mass is 16.5. The van der Waals surface area contributed by atoms with Gasteiger partial charge in [-0.25, -0.2) is 15.0 Å². The van der Waals surface area contributed by atoms with Gasteiger partial charge in [-0.2, -0.15) is 5.26 Å². The highest BCUT2D eigenvalue weighted by Crippen LogP contribution is 2.32. The second-order valence-corrected chi connectivity index (χ2v) is 9.99. The molecule has 3 aromatic heterocycles. The molecule has 0 aliphatic carbocycles. The first-order valence-corrected chi connectivity index (χ1v) is 12.8. The molecule has 1 atom stereocenters. The number of hydrogen-bond acceptors (Lipinski definition) is 8. The number of anilines is 1. The molecule has 2 aliphatic heterocycles. The number of nitrogens with one attached hydrogen (secondary N) is 1. The zero-order valence-corrected chi connectivity index (χ0v) is 21.1. The van der Waals surface area contributed by atoms with Crippen LogP contribution < -0.4 is 10.2 Å². The van der Waals surface area contributed by atoms with Crippen molar-refractivity contribution in [2.24, 2.45) is 0 Å². The zero-order chi connectivity index (χ0) is 26.1. The Kier molecular flexibility index (Phi) is 6.18. The number of pyridine rings is 2. The molecule has 1 N–H and O–H groups in total. The molecular formula is C29H27N7O2. The van der Waals surface area contributed by atoms with E-state index in [9.17, 15) is 10.1 Å². The summed E-state index contributed by atoms with van der Waals surface area (Å²) >= 11 is 0. The van der Waals surface area contributed by atoms with Crippen molar-refractivity contribution in [3.8, 4) is 17.5 Å². The van der Waals surface area contributed by atoms with Gasteiger partial charge in [-0.05, 0) is 67.3 Å². The monoisotopic (exact) mass is 505 g/mol. The van der Waals surface area contributed by atoms with Crippen molar-refractivity contribution in [2.75, 3.05) is 24.6 Å². The van der Waals surface area contributed by atoms with Crippen LogP contribution in [0.3, 0.4) is 0 Å². The van der Waals surface area contributed by atoms with Gasteiger partial charge < -0.3 is 15.0 Å². The summed E-state index contributed by atoms with van der Waals surface area (Å²) < 4.78 is 5.56. The first kappa shape index (κ1) is 23.9. The van der Waals surface area contributed by atoms with Crippen LogP contribution in [-0.4, -0.2) is 45.5 Å². The topological polar surface area (TPSA) is 117 Å².